The summed E-state index contributed by atoms with van der Waals surface area (Å²) in [6.45, 7) is 10.4. The summed E-state index contributed by atoms with van der Waals surface area (Å²) in [6.07, 6.45) is 3.52. The second-order valence-electron chi connectivity index (χ2n) is 6.89. The van der Waals surface area contributed by atoms with Crippen LogP contribution in [0, 0.1) is 17.8 Å². The molecule has 0 heterocycles. The van der Waals surface area contributed by atoms with Gasteiger partial charge in [0, 0.05) is 6.04 Å². The molecule has 0 spiro atoms. The van der Waals surface area contributed by atoms with Gasteiger partial charge < -0.3 is 10.4 Å². The molecule has 1 aliphatic carbocycles. The lowest BCUT2D eigenvalue weighted by molar-refractivity contribution is 0.260. The fourth-order valence-corrected chi connectivity index (χ4v) is 3.53. The van der Waals surface area contributed by atoms with Gasteiger partial charge in [0.15, 0.2) is 0 Å². The van der Waals surface area contributed by atoms with Crippen LogP contribution in [0.25, 0.3) is 0 Å². The molecule has 1 aromatic rings. The number of hydrogen-bond donors (Lipinski definition) is 2. The van der Waals surface area contributed by atoms with E-state index in [1.54, 1.807) is 0 Å². The predicted octanol–water partition coefficient (Wildman–Crippen LogP) is 4.29. The average molecular weight is 275 g/mol. The molecule has 0 fully saturated rings. The van der Waals surface area contributed by atoms with Gasteiger partial charge in [0.05, 0.1) is 0 Å². The van der Waals surface area contributed by atoms with E-state index in [1.807, 2.05) is 12.1 Å². The summed E-state index contributed by atoms with van der Waals surface area (Å²) < 4.78 is 0. The lowest BCUT2D eigenvalue weighted by atomic mass is 9.83. The van der Waals surface area contributed by atoms with Gasteiger partial charge in [-0.05, 0) is 66.8 Å². The van der Waals surface area contributed by atoms with Crippen molar-refractivity contribution < 1.29 is 5.11 Å². The number of phenols is 1. The Bertz CT molecular complexity index is 431. The topological polar surface area (TPSA) is 32.3 Å². The van der Waals surface area contributed by atoms with Crippen LogP contribution in [0.1, 0.15) is 57.7 Å². The normalized spacial score (nSPS) is 18.9. The zero-order chi connectivity index (χ0) is 14.7. The highest BCUT2D eigenvalue weighted by atomic mass is 16.3. The van der Waals surface area contributed by atoms with Crippen molar-refractivity contribution in [2.24, 2.45) is 17.8 Å². The number of rotatable bonds is 5. The summed E-state index contributed by atoms with van der Waals surface area (Å²) in [5.74, 6) is 2.54. The lowest BCUT2D eigenvalue weighted by Crippen LogP contribution is -2.34. The molecule has 2 heteroatoms. The Labute approximate surface area is 123 Å². The first kappa shape index (κ1) is 15.4. The molecular weight excluding hydrogens is 246 g/mol. The molecule has 112 valence electrons. The first-order chi connectivity index (χ1) is 9.49. The van der Waals surface area contributed by atoms with Crippen molar-refractivity contribution in [3.63, 3.8) is 0 Å². The summed E-state index contributed by atoms with van der Waals surface area (Å²) >= 11 is 0. The third-order valence-corrected chi connectivity index (χ3v) is 4.75. The summed E-state index contributed by atoms with van der Waals surface area (Å²) in [5.41, 5.74) is 2.71. The van der Waals surface area contributed by atoms with Crippen LogP contribution in [0.2, 0.25) is 0 Å². The maximum absolute atomic E-state index is 9.62. The first-order valence-electron chi connectivity index (χ1n) is 8.04. The number of aryl methyl sites for hydroxylation is 1. The maximum atomic E-state index is 9.62. The zero-order valence-corrected chi connectivity index (χ0v) is 13.3. The highest BCUT2D eigenvalue weighted by molar-refractivity contribution is 5.38. The quantitative estimate of drug-likeness (QED) is 0.840. The lowest BCUT2D eigenvalue weighted by Gasteiger charge is -2.31. The molecule has 1 unspecified atom stereocenters. The third kappa shape index (κ3) is 3.54. The molecule has 0 aromatic heterocycles. The maximum Gasteiger partial charge on any atom is 0.115 e. The van der Waals surface area contributed by atoms with Gasteiger partial charge in [-0.25, -0.2) is 0 Å². The highest BCUT2D eigenvalue weighted by Gasteiger charge is 2.23. The van der Waals surface area contributed by atoms with Gasteiger partial charge >= 0.3 is 0 Å². The van der Waals surface area contributed by atoms with Crippen LogP contribution in [0.4, 0.5) is 0 Å². The van der Waals surface area contributed by atoms with E-state index in [0.717, 1.165) is 18.9 Å². The van der Waals surface area contributed by atoms with Crippen molar-refractivity contribution in [3.05, 3.63) is 29.3 Å². The van der Waals surface area contributed by atoms with Gasteiger partial charge in [-0.2, -0.15) is 0 Å². The molecule has 0 radical (unpaired) electrons. The van der Waals surface area contributed by atoms with E-state index >= 15 is 0 Å². The van der Waals surface area contributed by atoms with E-state index in [4.69, 9.17) is 0 Å². The molecule has 0 amide bonds. The molecular formula is C18H29NO. The standard InChI is InChI=1S/C18H29NO/c1-12(2)17(13(3)4)11-19-18-7-5-6-14-10-15(20)8-9-16(14)18/h8-10,12-13,17-20H,5-7,11H2,1-4H3. The Morgan fingerprint density at radius 1 is 1.20 bits per heavy atom. The van der Waals surface area contributed by atoms with Crippen molar-refractivity contribution in [2.45, 2.75) is 53.0 Å². The van der Waals surface area contributed by atoms with Crippen LogP contribution in [0.3, 0.4) is 0 Å². The Hall–Kier alpha value is -1.02. The number of phenolic OH excluding ortho intramolecular Hbond substituents is 1. The van der Waals surface area contributed by atoms with E-state index in [9.17, 15) is 5.11 Å². The summed E-state index contributed by atoms with van der Waals surface area (Å²) in [4.78, 5) is 0. The fraction of sp³-hybridized carbons (Fsp3) is 0.667. The summed E-state index contributed by atoms with van der Waals surface area (Å²) in [5, 5.41) is 13.4. The van der Waals surface area contributed by atoms with Crippen molar-refractivity contribution in [1.29, 1.82) is 0 Å². The Kier molecular flexibility index (Phi) is 5.09. The minimum atomic E-state index is 0.395. The van der Waals surface area contributed by atoms with Gasteiger partial charge in [-0.1, -0.05) is 33.8 Å². The number of benzene rings is 1. The molecule has 2 nitrogen and oxygen atoms in total. The minimum Gasteiger partial charge on any atom is -0.508 e. The van der Waals surface area contributed by atoms with E-state index in [-0.39, 0.29) is 0 Å². The predicted molar refractivity (Wildman–Crippen MR) is 85.0 cm³/mol. The minimum absolute atomic E-state index is 0.395. The Morgan fingerprint density at radius 3 is 2.55 bits per heavy atom. The van der Waals surface area contributed by atoms with Crippen molar-refractivity contribution in [2.75, 3.05) is 6.54 Å². The van der Waals surface area contributed by atoms with Crippen molar-refractivity contribution in [3.8, 4) is 5.75 Å². The third-order valence-electron chi connectivity index (χ3n) is 4.75. The van der Waals surface area contributed by atoms with Crippen LogP contribution in [0.15, 0.2) is 18.2 Å². The first-order valence-corrected chi connectivity index (χ1v) is 8.04. The van der Waals surface area contributed by atoms with Gasteiger partial charge in [0.2, 0.25) is 0 Å². The number of fused-ring (bicyclic) bond motifs is 1. The highest BCUT2D eigenvalue weighted by Crippen LogP contribution is 2.32. The fourth-order valence-electron chi connectivity index (χ4n) is 3.53. The second-order valence-corrected chi connectivity index (χ2v) is 6.89. The van der Waals surface area contributed by atoms with Crippen LogP contribution in [-0.4, -0.2) is 11.7 Å². The number of nitrogens with one attached hydrogen (secondary N) is 1. The molecule has 20 heavy (non-hydrogen) atoms. The van der Waals surface area contributed by atoms with Crippen LogP contribution >= 0.6 is 0 Å². The molecule has 0 saturated heterocycles. The van der Waals surface area contributed by atoms with E-state index in [0.29, 0.717) is 23.6 Å². The average Bonchev–Trinajstić information content (AvgIpc) is 2.37. The largest absolute Gasteiger partial charge is 0.508 e. The van der Waals surface area contributed by atoms with Crippen molar-refractivity contribution >= 4 is 0 Å². The summed E-state index contributed by atoms with van der Waals surface area (Å²) in [6, 6.07) is 6.31. The molecule has 2 rings (SSSR count). The van der Waals surface area contributed by atoms with Crippen LogP contribution in [-0.2, 0) is 6.42 Å². The molecule has 0 saturated carbocycles. The van der Waals surface area contributed by atoms with Crippen LogP contribution < -0.4 is 5.32 Å². The van der Waals surface area contributed by atoms with E-state index in [1.165, 1.54) is 24.0 Å². The monoisotopic (exact) mass is 275 g/mol. The SMILES string of the molecule is CC(C)C(CNC1CCCc2cc(O)ccc21)C(C)C. The molecule has 1 aliphatic rings. The molecule has 1 aromatic carbocycles. The van der Waals surface area contributed by atoms with Gasteiger partial charge in [-0.3, -0.25) is 0 Å². The Morgan fingerprint density at radius 2 is 1.90 bits per heavy atom. The number of aromatic hydroxyl groups is 1. The summed E-state index contributed by atoms with van der Waals surface area (Å²) in [7, 11) is 0. The van der Waals surface area contributed by atoms with Crippen LogP contribution in [0.5, 0.6) is 5.75 Å². The van der Waals surface area contributed by atoms with Crippen molar-refractivity contribution in [1.82, 2.24) is 5.32 Å². The zero-order valence-electron chi connectivity index (χ0n) is 13.3. The second kappa shape index (κ2) is 6.62. The van der Waals surface area contributed by atoms with E-state index < -0.39 is 0 Å². The molecule has 0 aliphatic heterocycles. The van der Waals surface area contributed by atoms with E-state index in [2.05, 4.69) is 39.1 Å². The van der Waals surface area contributed by atoms with Gasteiger partial charge in [0.25, 0.3) is 0 Å². The number of hydrogen-bond acceptors (Lipinski definition) is 2. The van der Waals surface area contributed by atoms with Gasteiger partial charge in [-0.15, -0.1) is 0 Å². The Balaban J connectivity index is 2.05. The molecule has 1 atom stereocenters. The molecule has 0 bridgehead atoms. The van der Waals surface area contributed by atoms with Gasteiger partial charge in [0.1, 0.15) is 5.75 Å². The molecule has 2 N–H and O–H groups in total. The smallest absolute Gasteiger partial charge is 0.115 e.